The third-order valence-corrected chi connectivity index (χ3v) is 1.46. The number of hydrogen-bond acceptors (Lipinski definition) is 3. The summed E-state index contributed by atoms with van der Waals surface area (Å²) in [6.45, 7) is -0.463. The van der Waals surface area contributed by atoms with Crippen LogP contribution in [0.2, 0.25) is 0 Å². The van der Waals surface area contributed by atoms with Gasteiger partial charge in [0.2, 0.25) is 0 Å². The molecule has 1 aromatic rings. The molecule has 0 aromatic heterocycles. The normalized spacial score (nSPS) is 9.43. The van der Waals surface area contributed by atoms with Crippen LogP contribution in [0.25, 0.3) is 0 Å². The van der Waals surface area contributed by atoms with Crippen LogP contribution >= 0.6 is 0 Å². The van der Waals surface area contributed by atoms with E-state index in [-0.39, 0.29) is 11.3 Å². The zero-order valence-electron chi connectivity index (χ0n) is 7.19. The van der Waals surface area contributed by atoms with Crippen molar-refractivity contribution in [1.82, 2.24) is 0 Å². The van der Waals surface area contributed by atoms with E-state index in [1.165, 1.54) is 24.3 Å². The highest BCUT2D eigenvalue weighted by molar-refractivity contribution is 5.88. The molecular formula is C9H9O5+. The Morgan fingerprint density at radius 3 is 2.71 bits per heavy atom. The van der Waals surface area contributed by atoms with E-state index in [1.54, 1.807) is 0 Å². The quantitative estimate of drug-likeness (QED) is 0.689. The van der Waals surface area contributed by atoms with Crippen molar-refractivity contribution in [3.8, 4) is 5.75 Å². The van der Waals surface area contributed by atoms with Crippen LogP contribution in [0.4, 0.5) is 0 Å². The first-order chi connectivity index (χ1) is 6.59. The Labute approximate surface area is 79.6 Å². The summed E-state index contributed by atoms with van der Waals surface area (Å²) < 4.78 is 4.82. The maximum absolute atomic E-state index is 10.6. The van der Waals surface area contributed by atoms with E-state index in [0.29, 0.717) is 0 Å². The smallest absolute Gasteiger partial charge is 0.549 e. The van der Waals surface area contributed by atoms with Gasteiger partial charge >= 0.3 is 11.9 Å². The molecular weight excluding hydrogens is 188 g/mol. The molecule has 5 nitrogen and oxygen atoms in total. The van der Waals surface area contributed by atoms with Crippen molar-refractivity contribution in [2.45, 2.75) is 0 Å². The first-order valence-corrected chi connectivity index (χ1v) is 3.80. The monoisotopic (exact) mass is 197 g/mol. The van der Waals surface area contributed by atoms with Gasteiger partial charge < -0.3 is 14.9 Å². The molecule has 0 atom stereocenters. The molecule has 0 amide bonds. The summed E-state index contributed by atoms with van der Waals surface area (Å²) in [5.74, 6) is -1.65. The standard InChI is InChI=1S/C9H8O5/c10-8(11)5-14-7-3-1-2-6(4-7)9(12)13/h1-4H,5H2,(H,10,11)(H,12,13)/p+1. The van der Waals surface area contributed by atoms with Crippen molar-refractivity contribution < 1.29 is 24.5 Å². The highest BCUT2D eigenvalue weighted by Crippen LogP contribution is 2.12. The van der Waals surface area contributed by atoms with E-state index in [4.69, 9.17) is 14.9 Å². The van der Waals surface area contributed by atoms with Gasteiger partial charge in [0, 0.05) is 10.9 Å². The molecule has 14 heavy (non-hydrogen) atoms. The number of rotatable bonds is 4. The number of benzene rings is 1. The maximum atomic E-state index is 10.6. The largest absolute Gasteiger partial charge is 0.561 e. The Bertz CT molecular complexity index is 358. The van der Waals surface area contributed by atoms with Gasteiger partial charge in [0.15, 0.2) is 6.61 Å². The molecule has 0 aliphatic carbocycles. The highest BCUT2D eigenvalue weighted by atomic mass is 16.5. The summed E-state index contributed by atoms with van der Waals surface area (Å²) in [5, 5.41) is 15.1. The molecule has 0 heterocycles. The number of carboxylic acids is 1. The lowest BCUT2D eigenvalue weighted by Crippen LogP contribution is -2.09. The lowest BCUT2D eigenvalue weighted by Gasteiger charge is -2.01. The maximum Gasteiger partial charge on any atom is 0.549 e. The van der Waals surface area contributed by atoms with Gasteiger partial charge in [0.05, 0.1) is 0 Å². The molecule has 1 aromatic carbocycles. The second-order valence-corrected chi connectivity index (χ2v) is 2.54. The molecule has 3 N–H and O–H groups in total. The van der Waals surface area contributed by atoms with E-state index in [1.807, 2.05) is 0 Å². The lowest BCUT2D eigenvalue weighted by molar-refractivity contribution is -0.139. The van der Waals surface area contributed by atoms with Gasteiger partial charge in [-0.2, -0.15) is 0 Å². The number of carboxylic acid groups (broad SMARTS) is 1. The highest BCUT2D eigenvalue weighted by Gasteiger charge is 2.11. The summed E-state index contributed by atoms with van der Waals surface area (Å²) in [4.78, 5) is 20.8. The van der Waals surface area contributed by atoms with Crippen LogP contribution < -0.4 is 4.74 Å². The van der Waals surface area contributed by atoms with Crippen molar-refractivity contribution in [2.75, 3.05) is 6.61 Å². The molecule has 0 radical (unpaired) electrons. The number of carbonyl (C=O) groups excluding carboxylic acids is 1. The number of carbonyl (C=O) groups is 2. The van der Waals surface area contributed by atoms with Crippen molar-refractivity contribution in [3.63, 3.8) is 0 Å². The Balaban J connectivity index is 2.73. The first kappa shape index (κ1) is 10.0. The van der Waals surface area contributed by atoms with Crippen LogP contribution in [0.5, 0.6) is 5.75 Å². The lowest BCUT2D eigenvalue weighted by atomic mass is 10.2. The van der Waals surface area contributed by atoms with E-state index in [2.05, 4.69) is 0 Å². The number of ether oxygens (including phenoxy) is 1. The summed E-state index contributed by atoms with van der Waals surface area (Å²) in [6, 6.07) is 5.84. The van der Waals surface area contributed by atoms with E-state index >= 15 is 0 Å². The Morgan fingerprint density at radius 2 is 2.14 bits per heavy atom. The molecule has 0 aliphatic rings. The fraction of sp³-hybridized carbons (Fsp3) is 0.111. The van der Waals surface area contributed by atoms with E-state index < -0.39 is 18.5 Å². The van der Waals surface area contributed by atoms with Crippen molar-refractivity contribution in [1.29, 1.82) is 0 Å². The van der Waals surface area contributed by atoms with Gasteiger partial charge in [-0.05, 0) is 12.1 Å². The molecule has 5 heteroatoms. The Hall–Kier alpha value is -2.04. The zero-order valence-corrected chi connectivity index (χ0v) is 7.19. The van der Waals surface area contributed by atoms with Crippen LogP contribution in [0.15, 0.2) is 24.3 Å². The van der Waals surface area contributed by atoms with Gasteiger partial charge in [-0.15, -0.1) is 0 Å². The van der Waals surface area contributed by atoms with Gasteiger partial charge in [-0.25, -0.2) is 4.79 Å². The van der Waals surface area contributed by atoms with Crippen LogP contribution in [0, 0.1) is 0 Å². The number of aliphatic carboxylic acids is 1. The van der Waals surface area contributed by atoms with Crippen LogP contribution in [-0.2, 0) is 4.79 Å². The number of hydrogen-bond donors (Lipinski definition) is 1. The summed E-state index contributed by atoms with van der Waals surface area (Å²) >= 11 is 0. The molecule has 0 bridgehead atoms. The van der Waals surface area contributed by atoms with Crippen molar-refractivity contribution in [3.05, 3.63) is 29.8 Å². The van der Waals surface area contributed by atoms with Gasteiger partial charge in [-0.3, -0.25) is 0 Å². The summed E-state index contributed by atoms with van der Waals surface area (Å²) in [5.41, 5.74) is 0.174. The molecule has 0 fully saturated rings. The first-order valence-electron chi connectivity index (χ1n) is 3.80. The van der Waals surface area contributed by atoms with E-state index in [9.17, 15) is 9.59 Å². The van der Waals surface area contributed by atoms with Crippen molar-refractivity contribution in [2.24, 2.45) is 0 Å². The molecule has 74 valence electrons. The average Bonchev–Trinajstić information content (AvgIpc) is 2.15. The van der Waals surface area contributed by atoms with Gasteiger partial charge in [0.1, 0.15) is 11.3 Å². The average molecular weight is 197 g/mol. The van der Waals surface area contributed by atoms with Crippen LogP contribution in [-0.4, -0.2) is 28.8 Å². The molecule has 0 saturated carbocycles. The predicted octanol–water partition coefficient (Wildman–Crippen LogP) is 0.0148. The molecule has 0 saturated heterocycles. The van der Waals surface area contributed by atoms with Crippen molar-refractivity contribution >= 4 is 11.9 Å². The van der Waals surface area contributed by atoms with Crippen LogP contribution in [0.3, 0.4) is 0 Å². The third-order valence-electron chi connectivity index (χ3n) is 1.46. The molecule has 0 aliphatic heterocycles. The summed E-state index contributed by atoms with van der Waals surface area (Å²) in [7, 11) is 0. The fourth-order valence-electron chi connectivity index (χ4n) is 0.872. The molecule has 0 unspecified atom stereocenters. The minimum absolute atomic E-state index is 0.174. The second-order valence-electron chi connectivity index (χ2n) is 2.54. The Kier molecular flexibility index (Phi) is 3.06. The fourth-order valence-corrected chi connectivity index (χ4v) is 0.872. The second kappa shape index (κ2) is 4.27. The topological polar surface area (TPSA) is 86.5 Å². The van der Waals surface area contributed by atoms with E-state index in [0.717, 1.165) is 0 Å². The Morgan fingerprint density at radius 1 is 1.43 bits per heavy atom. The minimum Gasteiger partial charge on any atom is -0.561 e. The minimum atomic E-state index is -1.09. The van der Waals surface area contributed by atoms with Crippen LogP contribution in [0.1, 0.15) is 10.4 Å². The zero-order chi connectivity index (χ0) is 10.6. The SMILES string of the molecule is O=C(O)COc1cccc(C(=O)[OH2+])c1. The molecule has 1 rings (SSSR count). The molecule has 0 spiro atoms. The third kappa shape index (κ3) is 2.78. The predicted molar refractivity (Wildman–Crippen MR) is 47.5 cm³/mol. The summed E-state index contributed by atoms with van der Waals surface area (Å²) in [6.07, 6.45) is 0. The van der Waals surface area contributed by atoms with Gasteiger partial charge in [0.25, 0.3) is 0 Å². The van der Waals surface area contributed by atoms with Gasteiger partial charge in [-0.1, -0.05) is 6.07 Å².